The van der Waals surface area contributed by atoms with Gasteiger partial charge in [0.1, 0.15) is 11.8 Å². The Balaban J connectivity index is 2.11. The number of thioether (sulfide) groups is 1. The number of hydrogen-bond acceptors (Lipinski definition) is 5. The minimum atomic E-state index is -0.491. The summed E-state index contributed by atoms with van der Waals surface area (Å²) in [4.78, 5) is 30.7. The predicted molar refractivity (Wildman–Crippen MR) is 80.0 cm³/mol. The number of hydrogen-bond donors (Lipinski definition) is 0. The van der Waals surface area contributed by atoms with Crippen LogP contribution in [0.3, 0.4) is 0 Å². The van der Waals surface area contributed by atoms with Crippen LogP contribution in [0.1, 0.15) is 5.56 Å². The average molecular weight is 310 g/mol. The quantitative estimate of drug-likeness (QED) is 0.776. The smallest absolute Gasteiger partial charge is 0.282 e. The fourth-order valence-corrected chi connectivity index (χ4v) is 3.04. The van der Waals surface area contributed by atoms with Crippen molar-refractivity contribution in [1.82, 2.24) is 9.96 Å². The third-order valence-corrected chi connectivity index (χ3v) is 4.32. The molecule has 7 heteroatoms. The molecule has 1 heterocycles. The summed E-state index contributed by atoms with van der Waals surface area (Å²) in [5.74, 6) is 0.985. The Labute approximate surface area is 127 Å². The molecule has 0 spiro atoms. The van der Waals surface area contributed by atoms with Crippen LogP contribution in [0.15, 0.2) is 24.3 Å². The van der Waals surface area contributed by atoms with Crippen molar-refractivity contribution < 1.29 is 19.2 Å². The van der Waals surface area contributed by atoms with Gasteiger partial charge in [-0.15, -0.1) is 0 Å². The van der Waals surface area contributed by atoms with E-state index >= 15 is 0 Å². The van der Waals surface area contributed by atoms with Crippen molar-refractivity contribution in [3.05, 3.63) is 29.8 Å². The van der Waals surface area contributed by atoms with Gasteiger partial charge in [0.05, 0.1) is 14.2 Å². The van der Waals surface area contributed by atoms with Crippen LogP contribution in [-0.2, 0) is 16.2 Å². The Morgan fingerprint density at radius 2 is 2.05 bits per heavy atom. The largest absolute Gasteiger partial charge is 0.497 e. The van der Waals surface area contributed by atoms with Crippen LogP contribution in [0.25, 0.3) is 0 Å². The lowest BCUT2D eigenvalue weighted by Gasteiger charge is -2.26. The van der Waals surface area contributed by atoms with Crippen LogP contribution < -0.4 is 4.74 Å². The summed E-state index contributed by atoms with van der Waals surface area (Å²) in [6.45, 7) is 0.393. The fourth-order valence-electron chi connectivity index (χ4n) is 2.06. The summed E-state index contributed by atoms with van der Waals surface area (Å²) in [5, 5.41) is 1.07. The Kier molecular flexibility index (Phi) is 5.08. The molecule has 1 aliphatic rings. The lowest BCUT2D eigenvalue weighted by Crippen LogP contribution is -2.45. The van der Waals surface area contributed by atoms with E-state index in [0.717, 1.165) is 28.1 Å². The van der Waals surface area contributed by atoms with E-state index in [2.05, 4.69) is 0 Å². The Bertz CT molecular complexity index is 520. The molecule has 1 fully saturated rings. The molecular weight excluding hydrogens is 292 g/mol. The number of ether oxygens (including phenoxy) is 1. The van der Waals surface area contributed by atoms with Gasteiger partial charge in [0, 0.05) is 19.3 Å². The molecule has 1 atom stereocenters. The zero-order valence-electron chi connectivity index (χ0n) is 12.2. The molecule has 0 unspecified atom stereocenters. The van der Waals surface area contributed by atoms with Gasteiger partial charge in [-0.25, -0.2) is 5.06 Å². The number of nitrogens with zero attached hydrogens (tertiary/aromatic N) is 2. The van der Waals surface area contributed by atoms with Crippen molar-refractivity contribution in [2.75, 3.05) is 27.0 Å². The van der Waals surface area contributed by atoms with Crippen LogP contribution in [-0.4, -0.2) is 54.2 Å². The van der Waals surface area contributed by atoms with E-state index < -0.39 is 6.04 Å². The van der Waals surface area contributed by atoms with Crippen LogP contribution in [0.4, 0.5) is 4.79 Å². The van der Waals surface area contributed by atoms with E-state index in [0.29, 0.717) is 12.3 Å². The van der Waals surface area contributed by atoms with E-state index in [1.54, 1.807) is 19.1 Å². The minimum Gasteiger partial charge on any atom is -0.497 e. The number of carbonyl (C=O) groups is 2. The molecule has 1 aliphatic heterocycles. The standard InChI is InChI=1S/C14H18N2O4S/c1-15(20-3)13(17)12-9-21-14(18)16(12)8-10-4-6-11(19-2)7-5-10/h4-7,12H,8-9H2,1-3H3/t12-/m0/s1. The molecule has 0 saturated carbocycles. The van der Waals surface area contributed by atoms with E-state index in [1.807, 2.05) is 24.3 Å². The van der Waals surface area contributed by atoms with Gasteiger partial charge in [0.25, 0.3) is 11.1 Å². The number of amides is 2. The first-order chi connectivity index (χ1) is 10.1. The van der Waals surface area contributed by atoms with Gasteiger partial charge >= 0.3 is 0 Å². The summed E-state index contributed by atoms with van der Waals surface area (Å²) < 4.78 is 5.10. The van der Waals surface area contributed by atoms with Crippen LogP contribution >= 0.6 is 11.8 Å². The Hall–Kier alpha value is -1.73. The van der Waals surface area contributed by atoms with Crippen molar-refractivity contribution in [2.24, 2.45) is 0 Å². The van der Waals surface area contributed by atoms with E-state index in [4.69, 9.17) is 9.57 Å². The highest BCUT2D eigenvalue weighted by molar-refractivity contribution is 8.13. The molecular formula is C14H18N2O4S. The number of carbonyl (C=O) groups excluding carboxylic acids is 2. The first kappa shape index (κ1) is 15.7. The summed E-state index contributed by atoms with van der Waals surface area (Å²) in [6, 6.07) is 6.95. The fraction of sp³-hybridized carbons (Fsp3) is 0.429. The van der Waals surface area contributed by atoms with Crippen LogP contribution in [0.5, 0.6) is 5.75 Å². The van der Waals surface area contributed by atoms with Crippen molar-refractivity contribution in [1.29, 1.82) is 0 Å². The molecule has 21 heavy (non-hydrogen) atoms. The second-order valence-corrected chi connectivity index (χ2v) is 5.56. The van der Waals surface area contributed by atoms with Crippen molar-refractivity contribution in [3.8, 4) is 5.75 Å². The molecule has 2 rings (SSSR count). The number of rotatable bonds is 5. The van der Waals surface area contributed by atoms with Gasteiger partial charge in [-0.1, -0.05) is 23.9 Å². The second-order valence-electron chi connectivity index (χ2n) is 4.59. The van der Waals surface area contributed by atoms with Gasteiger partial charge in [-0.2, -0.15) is 0 Å². The highest BCUT2D eigenvalue weighted by Gasteiger charge is 2.38. The zero-order chi connectivity index (χ0) is 15.4. The van der Waals surface area contributed by atoms with Gasteiger partial charge in [-0.05, 0) is 17.7 Å². The SMILES string of the molecule is COc1ccc(CN2C(=O)SC[C@H]2C(=O)N(C)OC)cc1. The van der Waals surface area contributed by atoms with Crippen molar-refractivity contribution in [2.45, 2.75) is 12.6 Å². The number of likely N-dealkylation sites (N-methyl/N-ethyl adjacent to an activating group) is 1. The first-order valence-corrected chi connectivity index (χ1v) is 7.43. The van der Waals surface area contributed by atoms with E-state index in [1.165, 1.54) is 7.11 Å². The number of methoxy groups -OCH3 is 1. The van der Waals surface area contributed by atoms with Crippen molar-refractivity contribution in [3.63, 3.8) is 0 Å². The third-order valence-electron chi connectivity index (χ3n) is 3.36. The number of hydroxylamine groups is 2. The summed E-state index contributed by atoms with van der Waals surface area (Å²) in [5.41, 5.74) is 0.949. The Morgan fingerprint density at radius 1 is 1.38 bits per heavy atom. The molecule has 0 aromatic heterocycles. The average Bonchev–Trinajstić information content (AvgIpc) is 2.87. The van der Waals surface area contributed by atoms with E-state index in [9.17, 15) is 9.59 Å². The van der Waals surface area contributed by atoms with Gasteiger partial charge in [-0.3, -0.25) is 14.4 Å². The van der Waals surface area contributed by atoms with Crippen LogP contribution in [0, 0.1) is 0 Å². The minimum absolute atomic E-state index is 0.0892. The van der Waals surface area contributed by atoms with Gasteiger partial charge < -0.3 is 9.64 Å². The molecule has 0 bridgehead atoms. The third kappa shape index (κ3) is 3.48. The monoisotopic (exact) mass is 310 g/mol. The molecule has 0 radical (unpaired) electrons. The summed E-state index contributed by atoms with van der Waals surface area (Å²) in [6.07, 6.45) is 0. The normalized spacial score (nSPS) is 18.0. The predicted octanol–water partition coefficient (Wildman–Crippen LogP) is 1.75. The van der Waals surface area contributed by atoms with E-state index in [-0.39, 0.29) is 11.1 Å². The lowest BCUT2D eigenvalue weighted by molar-refractivity contribution is -0.172. The molecule has 2 amide bonds. The molecule has 0 aliphatic carbocycles. The number of benzene rings is 1. The topological polar surface area (TPSA) is 59.1 Å². The highest BCUT2D eigenvalue weighted by atomic mass is 32.2. The Morgan fingerprint density at radius 3 is 2.62 bits per heavy atom. The maximum Gasteiger partial charge on any atom is 0.282 e. The maximum atomic E-state index is 12.2. The lowest BCUT2D eigenvalue weighted by atomic mass is 10.2. The molecule has 0 N–H and O–H groups in total. The molecule has 1 saturated heterocycles. The van der Waals surface area contributed by atoms with Crippen molar-refractivity contribution >= 4 is 22.9 Å². The maximum absolute atomic E-state index is 12.2. The first-order valence-electron chi connectivity index (χ1n) is 6.44. The second kappa shape index (κ2) is 6.82. The summed E-state index contributed by atoms with van der Waals surface area (Å²) >= 11 is 1.16. The highest BCUT2D eigenvalue weighted by Crippen LogP contribution is 2.27. The summed E-state index contributed by atoms with van der Waals surface area (Å²) in [7, 11) is 4.57. The van der Waals surface area contributed by atoms with Crippen LogP contribution in [0.2, 0.25) is 0 Å². The zero-order valence-corrected chi connectivity index (χ0v) is 13.1. The molecule has 1 aromatic carbocycles. The molecule has 1 aromatic rings. The molecule has 114 valence electrons. The van der Waals surface area contributed by atoms with Gasteiger partial charge in [0.15, 0.2) is 0 Å². The molecule has 6 nitrogen and oxygen atoms in total. The van der Waals surface area contributed by atoms with Gasteiger partial charge in [0.2, 0.25) is 0 Å².